The number of rotatable bonds is 4. The van der Waals surface area contributed by atoms with Crippen molar-refractivity contribution in [3.05, 3.63) is 24.0 Å². The molecule has 0 saturated carbocycles. The normalized spacial score (nSPS) is 10.9. The molecule has 0 aliphatic rings. The van der Waals surface area contributed by atoms with E-state index in [0.29, 0.717) is 5.92 Å². The van der Waals surface area contributed by atoms with Crippen molar-refractivity contribution in [3.8, 4) is 0 Å². The van der Waals surface area contributed by atoms with Gasteiger partial charge >= 0.3 is 0 Å². The summed E-state index contributed by atoms with van der Waals surface area (Å²) in [6, 6.07) is 2.14. The predicted molar refractivity (Wildman–Crippen MR) is 61.3 cm³/mol. The van der Waals surface area contributed by atoms with Gasteiger partial charge in [-0.2, -0.15) is 5.10 Å². The predicted octanol–water partition coefficient (Wildman–Crippen LogP) is 3.59. The summed E-state index contributed by atoms with van der Waals surface area (Å²) in [4.78, 5) is 0. The zero-order valence-corrected chi connectivity index (χ0v) is 9.67. The van der Waals surface area contributed by atoms with Gasteiger partial charge in [0.05, 0.1) is 5.69 Å². The summed E-state index contributed by atoms with van der Waals surface area (Å²) in [5.41, 5.74) is 3.44. The number of aryl methyl sites for hydroxylation is 1. The van der Waals surface area contributed by atoms with Gasteiger partial charge in [-0.3, -0.25) is 0 Å². The maximum absolute atomic E-state index is 4.47. The Balaban J connectivity index is 3.00. The van der Waals surface area contributed by atoms with Gasteiger partial charge in [0.25, 0.3) is 0 Å². The van der Waals surface area contributed by atoms with Crippen molar-refractivity contribution in [3.63, 3.8) is 0 Å². The Labute approximate surface area is 86.6 Å². The molecule has 0 amide bonds. The van der Waals surface area contributed by atoms with Gasteiger partial charge < -0.3 is 0 Å². The first-order valence-electron chi connectivity index (χ1n) is 5.31. The Bertz CT molecular complexity index is 321. The number of hydrogen-bond acceptors (Lipinski definition) is 1. The second kappa shape index (κ2) is 4.45. The van der Waals surface area contributed by atoms with E-state index in [1.54, 1.807) is 0 Å². The minimum Gasteiger partial charge on any atom is -0.242 e. The smallest absolute Gasteiger partial charge is 0.0601 e. The van der Waals surface area contributed by atoms with Crippen molar-refractivity contribution in [1.82, 2.24) is 9.78 Å². The third-order valence-electron chi connectivity index (χ3n) is 2.29. The number of allylic oxidation sites excluding steroid dienone is 1. The second-order valence-corrected chi connectivity index (χ2v) is 4.09. The lowest BCUT2D eigenvalue weighted by Gasteiger charge is -2.11. The number of hydrogen-bond donors (Lipinski definition) is 0. The molecule has 0 atom stereocenters. The Hall–Kier alpha value is -1.05. The summed E-state index contributed by atoms with van der Waals surface area (Å²) in [6.07, 6.45) is 2.14. The Morgan fingerprint density at radius 1 is 1.57 bits per heavy atom. The fourth-order valence-corrected chi connectivity index (χ4v) is 1.58. The second-order valence-electron chi connectivity index (χ2n) is 4.09. The lowest BCUT2D eigenvalue weighted by Crippen LogP contribution is -2.04. The largest absolute Gasteiger partial charge is 0.242 e. The van der Waals surface area contributed by atoms with Crippen LogP contribution in [0.15, 0.2) is 12.6 Å². The minimum absolute atomic E-state index is 0.504. The Kier molecular flexibility index (Phi) is 3.50. The van der Waals surface area contributed by atoms with Crippen LogP contribution in [0.1, 0.15) is 50.9 Å². The van der Waals surface area contributed by atoms with E-state index in [1.165, 1.54) is 5.69 Å². The summed E-state index contributed by atoms with van der Waals surface area (Å²) >= 11 is 0. The molecule has 0 N–H and O–H groups in total. The van der Waals surface area contributed by atoms with Crippen LogP contribution in [0.25, 0.3) is 5.70 Å². The summed E-state index contributed by atoms with van der Waals surface area (Å²) < 4.78 is 2.00. The first kappa shape index (κ1) is 11.0. The lowest BCUT2D eigenvalue weighted by molar-refractivity contribution is 0.720. The minimum atomic E-state index is 0.504. The van der Waals surface area contributed by atoms with Crippen molar-refractivity contribution < 1.29 is 0 Å². The third-order valence-corrected chi connectivity index (χ3v) is 2.29. The zero-order valence-electron chi connectivity index (χ0n) is 9.67. The molecule has 0 aliphatic heterocycles. The highest BCUT2D eigenvalue weighted by Gasteiger charge is 2.10. The average molecular weight is 192 g/mol. The van der Waals surface area contributed by atoms with Crippen molar-refractivity contribution in [1.29, 1.82) is 0 Å². The zero-order chi connectivity index (χ0) is 10.7. The first-order valence-corrected chi connectivity index (χ1v) is 5.31. The molecule has 0 saturated heterocycles. The van der Waals surface area contributed by atoms with E-state index in [2.05, 4.69) is 38.5 Å². The molecular formula is C12H20N2. The van der Waals surface area contributed by atoms with E-state index in [9.17, 15) is 0 Å². The van der Waals surface area contributed by atoms with E-state index >= 15 is 0 Å². The highest BCUT2D eigenvalue weighted by Crippen LogP contribution is 2.20. The summed E-state index contributed by atoms with van der Waals surface area (Å²) in [5, 5.41) is 4.47. The van der Waals surface area contributed by atoms with Crippen molar-refractivity contribution in [2.75, 3.05) is 0 Å². The molecule has 0 spiro atoms. The maximum Gasteiger partial charge on any atom is 0.0601 e. The molecule has 14 heavy (non-hydrogen) atoms. The van der Waals surface area contributed by atoms with Crippen LogP contribution in [-0.2, 0) is 0 Å². The molecule has 1 heterocycles. The van der Waals surface area contributed by atoms with Gasteiger partial charge in [0.15, 0.2) is 0 Å². The first-order chi connectivity index (χ1) is 6.56. The molecule has 0 fully saturated rings. The SMILES string of the molecule is C=C(CCC)n1nc(C)cc1C(C)C. The van der Waals surface area contributed by atoms with Crippen molar-refractivity contribution in [2.45, 2.75) is 46.5 Å². The molecule has 1 aromatic heterocycles. The molecular weight excluding hydrogens is 172 g/mol. The van der Waals surface area contributed by atoms with Crippen LogP contribution in [0.3, 0.4) is 0 Å². The van der Waals surface area contributed by atoms with Gasteiger partial charge in [-0.05, 0) is 25.3 Å². The standard InChI is InChI=1S/C12H20N2/c1-6-7-11(5)14-12(9(2)3)8-10(4)13-14/h8-9H,5-7H2,1-4H3. The molecule has 0 aliphatic carbocycles. The van der Waals surface area contributed by atoms with E-state index in [1.807, 2.05) is 11.6 Å². The molecule has 78 valence electrons. The van der Waals surface area contributed by atoms with Crippen LogP contribution in [0.5, 0.6) is 0 Å². The van der Waals surface area contributed by atoms with Gasteiger partial charge in [0, 0.05) is 11.4 Å². The lowest BCUT2D eigenvalue weighted by atomic mass is 10.1. The van der Waals surface area contributed by atoms with Crippen LogP contribution in [0, 0.1) is 6.92 Å². The number of nitrogens with zero attached hydrogens (tertiary/aromatic N) is 2. The molecule has 0 radical (unpaired) electrons. The summed E-state index contributed by atoms with van der Waals surface area (Å²) in [7, 11) is 0. The van der Waals surface area contributed by atoms with Crippen LogP contribution in [0.4, 0.5) is 0 Å². The molecule has 0 unspecified atom stereocenters. The van der Waals surface area contributed by atoms with Gasteiger partial charge in [0.2, 0.25) is 0 Å². The molecule has 0 bridgehead atoms. The van der Waals surface area contributed by atoms with Crippen LogP contribution < -0.4 is 0 Å². The third kappa shape index (κ3) is 2.25. The molecule has 1 rings (SSSR count). The van der Waals surface area contributed by atoms with Crippen LogP contribution in [-0.4, -0.2) is 9.78 Å². The number of aromatic nitrogens is 2. The average Bonchev–Trinajstić information content (AvgIpc) is 2.48. The Morgan fingerprint density at radius 2 is 2.21 bits per heavy atom. The van der Waals surface area contributed by atoms with Crippen molar-refractivity contribution >= 4 is 5.70 Å². The summed E-state index contributed by atoms with van der Waals surface area (Å²) in [6.45, 7) is 12.6. The van der Waals surface area contributed by atoms with Gasteiger partial charge in [-0.15, -0.1) is 0 Å². The fourth-order valence-electron chi connectivity index (χ4n) is 1.58. The van der Waals surface area contributed by atoms with E-state index in [-0.39, 0.29) is 0 Å². The van der Waals surface area contributed by atoms with Gasteiger partial charge in [-0.25, -0.2) is 4.68 Å². The Morgan fingerprint density at radius 3 is 2.71 bits per heavy atom. The van der Waals surface area contributed by atoms with Gasteiger partial charge in [-0.1, -0.05) is 33.8 Å². The quantitative estimate of drug-likeness (QED) is 0.713. The topological polar surface area (TPSA) is 17.8 Å². The highest BCUT2D eigenvalue weighted by atomic mass is 15.3. The van der Waals surface area contributed by atoms with Crippen LogP contribution >= 0.6 is 0 Å². The van der Waals surface area contributed by atoms with E-state index in [0.717, 1.165) is 24.2 Å². The monoisotopic (exact) mass is 192 g/mol. The fraction of sp³-hybridized carbons (Fsp3) is 0.583. The van der Waals surface area contributed by atoms with E-state index in [4.69, 9.17) is 0 Å². The summed E-state index contributed by atoms with van der Waals surface area (Å²) in [5.74, 6) is 0.504. The van der Waals surface area contributed by atoms with Crippen LogP contribution in [0.2, 0.25) is 0 Å². The molecule has 2 nitrogen and oxygen atoms in total. The van der Waals surface area contributed by atoms with E-state index < -0.39 is 0 Å². The van der Waals surface area contributed by atoms with Gasteiger partial charge in [0.1, 0.15) is 0 Å². The van der Waals surface area contributed by atoms with Crippen molar-refractivity contribution in [2.24, 2.45) is 0 Å². The molecule has 2 heteroatoms. The maximum atomic E-state index is 4.47. The highest BCUT2D eigenvalue weighted by molar-refractivity contribution is 5.42. The molecule has 0 aromatic carbocycles. The molecule has 1 aromatic rings.